The van der Waals surface area contributed by atoms with E-state index in [2.05, 4.69) is 10.6 Å². The van der Waals surface area contributed by atoms with Crippen molar-refractivity contribution in [3.8, 4) is 6.07 Å². The molecule has 0 saturated carbocycles. The van der Waals surface area contributed by atoms with Gasteiger partial charge in [0.1, 0.15) is 11.1 Å². The molecule has 6 nitrogen and oxygen atoms in total. The number of imide groups is 1. The number of anilines is 1. The van der Waals surface area contributed by atoms with Crippen molar-refractivity contribution >= 4 is 41.0 Å². The first-order valence-corrected chi connectivity index (χ1v) is 9.34. The SMILES string of the molecule is N#CC1=C(N)S[C@@H](C(=O)NC(=O)Nc2ccc(Cl)cc2)[C@@H]1c1ccc(F)cc1. The van der Waals surface area contributed by atoms with Crippen LogP contribution in [0.25, 0.3) is 0 Å². The van der Waals surface area contributed by atoms with E-state index in [0.29, 0.717) is 16.3 Å². The fraction of sp³-hybridized carbons (Fsp3) is 0.105. The molecule has 1 heterocycles. The smallest absolute Gasteiger partial charge is 0.325 e. The number of nitrogens with one attached hydrogen (secondary N) is 2. The predicted molar refractivity (Wildman–Crippen MR) is 106 cm³/mol. The highest BCUT2D eigenvalue weighted by atomic mass is 35.5. The maximum absolute atomic E-state index is 13.2. The molecule has 1 aliphatic rings. The minimum Gasteiger partial charge on any atom is -0.393 e. The van der Waals surface area contributed by atoms with Crippen molar-refractivity contribution in [2.45, 2.75) is 11.2 Å². The third-order valence-electron chi connectivity index (χ3n) is 4.08. The fourth-order valence-electron chi connectivity index (χ4n) is 2.79. The molecular weight excluding hydrogens is 403 g/mol. The summed E-state index contributed by atoms with van der Waals surface area (Å²) in [5.41, 5.74) is 7.13. The molecule has 3 amide bonds. The Kier molecular flexibility index (Phi) is 5.87. The molecule has 2 atom stereocenters. The molecule has 3 rings (SSSR count). The minimum atomic E-state index is -0.837. The molecule has 0 unspecified atom stereocenters. The summed E-state index contributed by atoms with van der Waals surface area (Å²) < 4.78 is 13.2. The standard InChI is InChI=1S/C19H14ClFN4O2S/c20-11-3-7-13(8-4-11)24-19(27)25-18(26)16-15(14(9-22)17(23)28-16)10-1-5-12(21)6-2-10/h1-8,15-16H,23H2,(H2,24,25,26,27)/t15-,16-/m1/s1. The quantitative estimate of drug-likeness (QED) is 0.706. The summed E-state index contributed by atoms with van der Waals surface area (Å²) in [6.07, 6.45) is 0. The molecule has 142 valence electrons. The number of hydrogen-bond acceptors (Lipinski definition) is 5. The number of rotatable bonds is 3. The van der Waals surface area contributed by atoms with Crippen molar-refractivity contribution < 1.29 is 14.0 Å². The number of nitrogens with two attached hydrogens (primary N) is 1. The normalized spacial score (nSPS) is 18.5. The Morgan fingerprint density at radius 3 is 2.39 bits per heavy atom. The van der Waals surface area contributed by atoms with E-state index < -0.39 is 28.9 Å². The van der Waals surface area contributed by atoms with E-state index in [1.807, 2.05) is 6.07 Å². The second-order valence-corrected chi connectivity index (χ2v) is 7.53. The Morgan fingerprint density at radius 2 is 1.79 bits per heavy atom. The van der Waals surface area contributed by atoms with Crippen LogP contribution in [0.3, 0.4) is 0 Å². The summed E-state index contributed by atoms with van der Waals surface area (Å²) in [4.78, 5) is 24.8. The van der Waals surface area contributed by atoms with Gasteiger partial charge in [-0.1, -0.05) is 35.5 Å². The number of urea groups is 1. The van der Waals surface area contributed by atoms with Crippen LogP contribution < -0.4 is 16.4 Å². The summed E-state index contributed by atoms with van der Waals surface area (Å²) in [6, 6.07) is 13.1. The monoisotopic (exact) mass is 416 g/mol. The van der Waals surface area contributed by atoms with Gasteiger partial charge in [-0.25, -0.2) is 9.18 Å². The van der Waals surface area contributed by atoms with Gasteiger partial charge in [0, 0.05) is 16.6 Å². The van der Waals surface area contributed by atoms with Gasteiger partial charge in [0.2, 0.25) is 5.91 Å². The summed E-state index contributed by atoms with van der Waals surface area (Å²) >= 11 is 6.79. The number of nitrogens with zero attached hydrogens (tertiary/aromatic N) is 1. The molecule has 0 aromatic heterocycles. The topological polar surface area (TPSA) is 108 Å². The number of nitriles is 1. The lowest BCUT2D eigenvalue weighted by molar-refractivity contribution is -0.119. The molecule has 0 saturated heterocycles. The van der Waals surface area contributed by atoms with Gasteiger partial charge < -0.3 is 11.1 Å². The molecule has 1 aliphatic heterocycles. The molecule has 2 aromatic carbocycles. The highest BCUT2D eigenvalue weighted by Crippen LogP contribution is 2.45. The average Bonchev–Trinajstić information content (AvgIpc) is 3.00. The van der Waals surface area contributed by atoms with Crippen molar-refractivity contribution in [2.75, 3.05) is 5.32 Å². The van der Waals surface area contributed by atoms with E-state index in [4.69, 9.17) is 17.3 Å². The van der Waals surface area contributed by atoms with E-state index in [-0.39, 0.29) is 10.6 Å². The number of carbonyl (C=O) groups is 2. The van der Waals surface area contributed by atoms with Gasteiger partial charge in [0.05, 0.1) is 16.7 Å². The molecule has 0 aliphatic carbocycles. The van der Waals surface area contributed by atoms with Gasteiger partial charge in [0.15, 0.2) is 0 Å². The molecule has 9 heteroatoms. The van der Waals surface area contributed by atoms with Gasteiger partial charge >= 0.3 is 6.03 Å². The second kappa shape index (κ2) is 8.33. The van der Waals surface area contributed by atoms with Crippen molar-refractivity contribution in [1.82, 2.24) is 5.32 Å². The number of thioether (sulfide) groups is 1. The Labute approximate surface area is 169 Å². The first-order valence-electron chi connectivity index (χ1n) is 8.08. The third-order valence-corrected chi connectivity index (χ3v) is 5.55. The van der Waals surface area contributed by atoms with Crippen LogP contribution in [-0.2, 0) is 4.79 Å². The molecule has 2 aromatic rings. The Hall–Kier alpha value is -3.02. The summed E-state index contributed by atoms with van der Waals surface area (Å²) in [6.45, 7) is 0. The second-order valence-electron chi connectivity index (χ2n) is 5.91. The number of hydrogen-bond donors (Lipinski definition) is 3. The molecule has 4 N–H and O–H groups in total. The number of amides is 3. The lowest BCUT2D eigenvalue weighted by Gasteiger charge is -2.19. The number of carbonyl (C=O) groups excluding carboxylic acids is 2. The van der Waals surface area contributed by atoms with Crippen molar-refractivity contribution in [1.29, 1.82) is 5.26 Å². The number of benzene rings is 2. The highest BCUT2D eigenvalue weighted by molar-refractivity contribution is 8.04. The molecule has 0 fully saturated rings. The zero-order valence-corrected chi connectivity index (χ0v) is 15.9. The largest absolute Gasteiger partial charge is 0.393 e. The third kappa shape index (κ3) is 4.27. The van der Waals surface area contributed by atoms with Crippen LogP contribution in [0.4, 0.5) is 14.9 Å². The maximum atomic E-state index is 13.2. The molecule has 0 bridgehead atoms. The first kappa shape index (κ1) is 19.7. The lowest BCUT2D eigenvalue weighted by Crippen LogP contribution is -2.41. The van der Waals surface area contributed by atoms with Gasteiger partial charge in [-0.05, 0) is 42.0 Å². The van der Waals surface area contributed by atoms with E-state index in [1.165, 1.54) is 24.3 Å². The van der Waals surface area contributed by atoms with Crippen LogP contribution in [0.2, 0.25) is 5.02 Å². The van der Waals surface area contributed by atoms with Crippen LogP contribution in [0.5, 0.6) is 0 Å². The molecule has 0 spiro atoms. The first-order chi connectivity index (χ1) is 13.4. The van der Waals surface area contributed by atoms with Gasteiger partial charge in [-0.3, -0.25) is 10.1 Å². The zero-order valence-electron chi connectivity index (χ0n) is 14.3. The van der Waals surface area contributed by atoms with Crippen LogP contribution in [0, 0.1) is 17.1 Å². The average molecular weight is 417 g/mol. The van der Waals surface area contributed by atoms with Gasteiger partial charge in [0.25, 0.3) is 0 Å². The Balaban J connectivity index is 1.76. The minimum absolute atomic E-state index is 0.204. The molecular formula is C19H14ClFN4O2S. The highest BCUT2D eigenvalue weighted by Gasteiger charge is 2.41. The maximum Gasteiger partial charge on any atom is 0.325 e. The van der Waals surface area contributed by atoms with E-state index in [9.17, 15) is 19.2 Å². The van der Waals surface area contributed by atoms with E-state index >= 15 is 0 Å². The van der Waals surface area contributed by atoms with Crippen molar-refractivity contribution in [2.24, 2.45) is 5.73 Å². The van der Waals surface area contributed by atoms with Crippen LogP contribution >= 0.6 is 23.4 Å². The predicted octanol–water partition coefficient (Wildman–Crippen LogP) is 3.72. The van der Waals surface area contributed by atoms with Crippen molar-refractivity contribution in [3.63, 3.8) is 0 Å². The zero-order chi connectivity index (χ0) is 20.3. The van der Waals surface area contributed by atoms with Crippen LogP contribution in [0.1, 0.15) is 11.5 Å². The Morgan fingerprint density at radius 1 is 1.14 bits per heavy atom. The number of halogens is 2. The Bertz CT molecular complexity index is 986. The summed E-state index contributed by atoms with van der Waals surface area (Å²) in [5.74, 6) is -1.73. The summed E-state index contributed by atoms with van der Waals surface area (Å²) in [7, 11) is 0. The fourth-order valence-corrected chi connectivity index (χ4v) is 4.09. The van der Waals surface area contributed by atoms with E-state index in [0.717, 1.165) is 11.8 Å². The van der Waals surface area contributed by atoms with Crippen LogP contribution in [-0.4, -0.2) is 17.2 Å². The van der Waals surface area contributed by atoms with Gasteiger partial charge in [-0.15, -0.1) is 0 Å². The van der Waals surface area contributed by atoms with E-state index in [1.54, 1.807) is 24.3 Å². The molecule has 28 heavy (non-hydrogen) atoms. The van der Waals surface area contributed by atoms with Crippen LogP contribution in [0.15, 0.2) is 59.1 Å². The van der Waals surface area contributed by atoms with Gasteiger partial charge in [-0.2, -0.15) is 5.26 Å². The lowest BCUT2D eigenvalue weighted by atomic mass is 9.88. The number of allylic oxidation sites excluding steroid dienone is 1. The molecule has 0 radical (unpaired) electrons. The summed E-state index contributed by atoms with van der Waals surface area (Å²) in [5, 5.41) is 14.1. The van der Waals surface area contributed by atoms with Crippen molar-refractivity contribution in [3.05, 3.63) is 75.5 Å².